The Kier molecular flexibility index (Phi) is 7.37. The van der Waals surface area contributed by atoms with E-state index in [-0.39, 0.29) is 29.7 Å². The third-order valence-electron chi connectivity index (χ3n) is 11.2. The summed E-state index contributed by atoms with van der Waals surface area (Å²) in [6.07, 6.45) is 7.74. The van der Waals surface area contributed by atoms with Crippen molar-refractivity contribution >= 4 is 23.2 Å². The number of aliphatic hydroxyl groups is 3. The molecule has 238 valence electrons. The highest BCUT2D eigenvalue weighted by Gasteiger charge is 2.63. The average Bonchev–Trinajstić information content (AvgIpc) is 3.40. The number of phenolic OH excluding ortho intramolecular Hbond substituents is 1. The molecule has 1 saturated carbocycles. The maximum atomic E-state index is 14.3. The first-order valence-electron chi connectivity index (χ1n) is 15.6. The smallest absolute Gasteiger partial charge is 0.255 e. The first kappa shape index (κ1) is 30.6. The molecule has 0 bridgehead atoms. The number of amides is 1. The molecule has 1 amide bonds. The number of ketones is 2. The van der Waals surface area contributed by atoms with E-state index in [1.165, 1.54) is 25.7 Å². The van der Waals surface area contributed by atoms with Gasteiger partial charge in [-0.3, -0.25) is 24.2 Å². The van der Waals surface area contributed by atoms with Crippen LogP contribution in [0.4, 0.5) is 5.69 Å². The van der Waals surface area contributed by atoms with E-state index in [1.54, 1.807) is 19.0 Å². The van der Waals surface area contributed by atoms with Crippen molar-refractivity contribution in [3.05, 3.63) is 45.4 Å². The van der Waals surface area contributed by atoms with E-state index < -0.39 is 58.0 Å². The van der Waals surface area contributed by atoms with E-state index in [0.29, 0.717) is 23.1 Å². The topological polar surface area (TPSA) is 168 Å². The van der Waals surface area contributed by atoms with Crippen molar-refractivity contribution < 1.29 is 34.8 Å². The van der Waals surface area contributed by atoms with E-state index in [2.05, 4.69) is 4.90 Å². The molecule has 11 nitrogen and oxygen atoms in total. The predicted octanol–water partition coefficient (Wildman–Crippen LogP) is 2.34. The fourth-order valence-electron chi connectivity index (χ4n) is 8.92. The third-order valence-corrected chi connectivity index (χ3v) is 11.2. The van der Waals surface area contributed by atoms with Gasteiger partial charge in [-0.25, -0.2) is 0 Å². The number of nitrogens with zero attached hydrogens (tertiary/aromatic N) is 3. The summed E-state index contributed by atoms with van der Waals surface area (Å²) in [7, 11) is 6.99. The summed E-state index contributed by atoms with van der Waals surface area (Å²) in [6.45, 7) is 2.31. The number of piperidine rings is 1. The lowest BCUT2D eigenvalue weighted by Crippen LogP contribution is -2.63. The molecule has 4 aliphatic carbocycles. The minimum atomic E-state index is -2.65. The number of benzene rings is 1. The Morgan fingerprint density at radius 3 is 2.25 bits per heavy atom. The van der Waals surface area contributed by atoms with Gasteiger partial charge in [-0.05, 0) is 88.7 Å². The number of likely N-dealkylation sites (N-methyl/N-ethyl adjacent to an activating group) is 1. The molecular weight excluding hydrogens is 564 g/mol. The summed E-state index contributed by atoms with van der Waals surface area (Å²) >= 11 is 0. The Bertz CT molecular complexity index is 1500. The number of fused-ring (bicyclic) bond motifs is 3. The van der Waals surface area contributed by atoms with Crippen LogP contribution in [0.25, 0.3) is 0 Å². The highest BCUT2D eigenvalue weighted by atomic mass is 16.3. The van der Waals surface area contributed by atoms with Crippen LogP contribution < -0.4 is 10.6 Å². The number of carbonyl (C=O) groups excluding carboxylic acids is 3. The molecule has 44 heavy (non-hydrogen) atoms. The second-order valence-electron chi connectivity index (χ2n) is 14.1. The fraction of sp³-hybridized carbons (Fsp3) is 0.606. The lowest BCUT2D eigenvalue weighted by atomic mass is 9.58. The van der Waals surface area contributed by atoms with Crippen LogP contribution in [0.5, 0.6) is 5.75 Å². The SMILES string of the molecule is CN(C)c1cc(CN2CCC3(CCCC3)CC2)c(O)c2c1CC1CC3[C@H](N(C)C)C(O)=C(C(N)=O)C(=O)[C@@]3(O)C(O)=C1C2=O. The largest absolute Gasteiger partial charge is 0.510 e. The van der Waals surface area contributed by atoms with Gasteiger partial charge in [0.1, 0.15) is 22.8 Å². The minimum absolute atomic E-state index is 0.0660. The van der Waals surface area contributed by atoms with Gasteiger partial charge in [-0.1, -0.05) is 12.8 Å². The number of anilines is 1. The van der Waals surface area contributed by atoms with Crippen LogP contribution in [0.3, 0.4) is 0 Å². The van der Waals surface area contributed by atoms with Gasteiger partial charge in [0.05, 0.1) is 11.6 Å². The number of hydrogen-bond acceptors (Lipinski definition) is 10. The van der Waals surface area contributed by atoms with E-state index in [0.717, 1.165) is 31.6 Å². The zero-order chi connectivity index (χ0) is 31.9. The number of phenols is 1. The van der Waals surface area contributed by atoms with Gasteiger partial charge in [-0.2, -0.15) is 0 Å². The maximum absolute atomic E-state index is 14.3. The van der Waals surface area contributed by atoms with E-state index in [1.807, 2.05) is 25.1 Å². The van der Waals surface area contributed by atoms with Crippen molar-refractivity contribution in [1.82, 2.24) is 9.80 Å². The van der Waals surface area contributed by atoms with Crippen molar-refractivity contribution in [2.24, 2.45) is 23.0 Å². The average molecular weight is 609 g/mol. The van der Waals surface area contributed by atoms with Crippen LogP contribution >= 0.6 is 0 Å². The molecule has 1 spiro atoms. The van der Waals surface area contributed by atoms with Crippen LogP contribution in [0.1, 0.15) is 66.4 Å². The van der Waals surface area contributed by atoms with Crippen molar-refractivity contribution in [2.45, 2.75) is 69.6 Å². The summed E-state index contributed by atoms with van der Waals surface area (Å²) in [5, 5.41) is 46.1. The predicted molar refractivity (Wildman–Crippen MR) is 163 cm³/mol. The van der Waals surface area contributed by atoms with Crippen LogP contribution in [0.2, 0.25) is 0 Å². The zero-order valence-electron chi connectivity index (χ0n) is 26.0. The van der Waals surface area contributed by atoms with Gasteiger partial charge in [-0.15, -0.1) is 0 Å². The van der Waals surface area contributed by atoms with Gasteiger partial charge < -0.3 is 31.1 Å². The second kappa shape index (κ2) is 10.6. The monoisotopic (exact) mass is 608 g/mol. The highest BCUT2D eigenvalue weighted by Crippen LogP contribution is 2.54. The van der Waals surface area contributed by atoms with Gasteiger partial charge in [0, 0.05) is 43.4 Å². The number of nitrogens with two attached hydrogens (primary N) is 1. The number of Topliss-reactive ketones (excluding diaryl/α,β-unsaturated/α-hetero) is 2. The van der Waals surface area contributed by atoms with Crippen molar-refractivity contribution in [1.29, 1.82) is 0 Å². The lowest BCUT2D eigenvalue weighted by molar-refractivity contribution is -0.148. The third kappa shape index (κ3) is 4.38. The molecule has 6 N–H and O–H groups in total. The van der Waals surface area contributed by atoms with E-state index in [9.17, 15) is 34.8 Å². The molecule has 4 atom stereocenters. The molecule has 1 saturated heterocycles. The molecular formula is C33H44N4O7. The summed E-state index contributed by atoms with van der Waals surface area (Å²) < 4.78 is 0. The molecule has 6 rings (SSSR count). The second-order valence-corrected chi connectivity index (χ2v) is 14.1. The van der Waals surface area contributed by atoms with E-state index in [4.69, 9.17) is 5.73 Å². The van der Waals surface area contributed by atoms with Crippen molar-refractivity contribution in [3.63, 3.8) is 0 Å². The normalized spacial score (nSPS) is 30.1. The summed E-state index contributed by atoms with van der Waals surface area (Å²) in [5.41, 5.74) is 4.39. The Balaban J connectivity index is 1.42. The Hall–Kier alpha value is -3.41. The molecule has 5 aliphatic rings. The number of rotatable bonds is 5. The van der Waals surface area contributed by atoms with Crippen LogP contribution in [0, 0.1) is 17.3 Å². The van der Waals surface area contributed by atoms with E-state index >= 15 is 0 Å². The summed E-state index contributed by atoms with van der Waals surface area (Å²) in [6, 6.07) is 0.924. The number of aliphatic hydroxyl groups excluding tert-OH is 2. The number of primary amides is 1. The summed E-state index contributed by atoms with van der Waals surface area (Å²) in [4.78, 5) is 45.9. The number of carbonyl (C=O) groups is 3. The van der Waals surface area contributed by atoms with Crippen molar-refractivity contribution in [3.8, 4) is 5.75 Å². The molecule has 1 aliphatic heterocycles. The van der Waals surface area contributed by atoms with Crippen LogP contribution in [0.15, 0.2) is 28.7 Å². The van der Waals surface area contributed by atoms with Gasteiger partial charge >= 0.3 is 0 Å². The fourth-order valence-corrected chi connectivity index (χ4v) is 8.92. The number of likely N-dealkylation sites (tertiary alicyclic amines) is 1. The molecule has 2 fully saturated rings. The molecule has 0 aromatic heterocycles. The molecule has 1 aromatic rings. The Morgan fingerprint density at radius 1 is 1.05 bits per heavy atom. The number of aromatic hydroxyl groups is 1. The van der Waals surface area contributed by atoms with Crippen molar-refractivity contribution in [2.75, 3.05) is 46.2 Å². The molecule has 0 radical (unpaired) electrons. The minimum Gasteiger partial charge on any atom is -0.510 e. The first-order chi connectivity index (χ1) is 20.7. The molecule has 1 aromatic carbocycles. The van der Waals surface area contributed by atoms with Gasteiger partial charge in [0.25, 0.3) is 5.91 Å². The molecule has 2 unspecified atom stereocenters. The standard InChI is InChI=1S/C33H44N4O7/c1-35(2)21-15-18(16-37-11-9-32(10-12-37)7-5-6-8-32)26(38)23-19(21)13-17-14-20-25(36(3)4)28(40)24(31(34)43)30(42)33(20,44)29(41)22(17)27(23)39/h15,17,20,25,38,40-41,44H,5-14,16H2,1-4H3,(H2,34,43)/t17?,20?,25-,33-/m0/s1. The van der Waals surface area contributed by atoms with Gasteiger partial charge in [0.15, 0.2) is 11.4 Å². The highest BCUT2D eigenvalue weighted by molar-refractivity contribution is 6.25. The number of allylic oxidation sites excluding steroid dienone is 1. The Morgan fingerprint density at radius 2 is 1.68 bits per heavy atom. The molecule has 11 heteroatoms. The Labute approximate surface area is 257 Å². The molecule has 1 heterocycles. The van der Waals surface area contributed by atoms with Gasteiger partial charge in [0.2, 0.25) is 5.78 Å². The van der Waals surface area contributed by atoms with Crippen LogP contribution in [-0.4, -0.2) is 101 Å². The summed E-state index contributed by atoms with van der Waals surface area (Å²) in [5.74, 6) is -6.34. The zero-order valence-corrected chi connectivity index (χ0v) is 26.0. The number of hydrogen-bond donors (Lipinski definition) is 5. The first-order valence-corrected chi connectivity index (χ1v) is 15.6. The van der Waals surface area contributed by atoms with Crippen LogP contribution in [-0.2, 0) is 22.6 Å². The lowest BCUT2D eigenvalue weighted by Gasteiger charge is -2.50. The maximum Gasteiger partial charge on any atom is 0.255 e. The quantitative estimate of drug-likeness (QED) is 0.313.